The molecule has 0 aliphatic carbocycles. The number of nitrogens with one attached hydrogen (secondary N) is 1. The standard InChI is InChI=1S/C24H27N5O3/c1-31-19-8-9-20(21(14-19)32-2)24(30)27-22-15-23(26-17-25-22)29-12-10-28(11-13-29)16-18-6-4-3-5-7-18/h3-9,14-15,17H,10-13,16H2,1-2H3,(H,25,26,27,30). The first-order chi connectivity index (χ1) is 15.7. The molecule has 2 heterocycles. The van der Waals surface area contributed by atoms with Crippen LogP contribution in [0.3, 0.4) is 0 Å². The number of aromatic nitrogens is 2. The number of carbonyl (C=O) groups excluding carboxylic acids is 1. The maximum Gasteiger partial charge on any atom is 0.260 e. The number of methoxy groups -OCH3 is 2. The maximum atomic E-state index is 12.8. The molecule has 1 amide bonds. The number of carbonyl (C=O) groups is 1. The van der Waals surface area contributed by atoms with Crippen LogP contribution in [0.5, 0.6) is 11.5 Å². The molecule has 4 rings (SSSR count). The van der Waals surface area contributed by atoms with Gasteiger partial charge in [0.25, 0.3) is 5.91 Å². The lowest BCUT2D eigenvalue weighted by atomic mass is 10.1. The molecule has 2 aromatic carbocycles. The van der Waals surface area contributed by atoms with Crippen LogP contribution in [-0.4, -0.2) is 61.2 Å². The fourth-order valence-corrected chi connectivity index (χ4v) is 3.73. The smallest absolute Gasteiger partial charge is 0.260 e. The van der Waals surface area contributed by atoms with E-state index in [-0.39, 0.29) is 5.91 Å². The molecule has 8 heteroatoms. The average molecular weight is 434 g/mol. The number of piperazine rings is 1. The van der Waals surface area contributed by atoms with E-state index in [0.717, 1.165) is 38.5 Å². The van der Waals surface area contributed by atoms with Crippen LogP contribution in [0.4, 0.5) is 11.6 Å². The van der Waals surface area contributed by atoms with Gasteiger partial charge in [0.05, 0.1) is 19.8 Å². The number of ether oxygens (including phenoxy) is 2. The van der Waals surface area contributed by atoms with Crippen LogP contribution in [0.1, 0.15) is 15.9 Å². The Morgan fingerprint density at radius 1 is 0.969 bits per heavy atom. The number of nitrogens with zero attached hydrogens (tertiary/aromatic N) is 4. The van der Waals surface area contributed by atoms with Gasteiger partial charge in [0.1, 0.15) is 29.5 Å². The van der Waals surface area contributed by atoms with E-state index in [2.05, 4.69) is 49.4 Å². The van der Waals surface area contributed by atoms with E-state index in [9.17, 15) is 4.79 Å². The maximum absolute atomic E-state index is 12.8. The Labute approximate surface area is 187 Å². The van der Waals surface area contributed by atoms with E-state index < -0.39 is 0 Å². The molecule has 1 aliphatic heterocycles. The van der Waals surface area contributed by atoms with Gasteiger partial charge in [0.15, 0.2) is 0 Å². The summed E-state index contributed by atoms with van der Waals surface area (Å²) >= 11 is 0. The Morgan fingerprint density at radius 2 is 1.75 bits per heavy atom. The summed E-state index contributed by atoms with van der Waals surface area (Å²) < 4.78 is 10.5. The van der Waals surface area contributed by atoms with Gasteiger partial charge in [-0.15, -0.1) is 0 Å². The number of amides is 1. The Kier molecular flexibility index (Phi) is 6.81. The van der Waals surface area contributed by atoms with Crippen LogP contribution in [0.25, 0.3) is 0 Å². The normalized spacial score (nSPS) is 14.1. The highest BCUT2D eigenvalue weighted by molar-refractivity contribution is 6.06. The Hall–Kier alpha value is -3.65. The number of anilines is 2. The highest BCUT2D eigenvalue weighted by Gasteiger charge is 2.19. The third kappa shape index (κ3) is 5.15. The SMILES string of the molecule is COc1ccc(C(=O)Nc2cc(N3CCN(Cc4ccccc4)CC3)ncn2)c(OC)c1. The van der Waals surface area contributed by atoms with Crippen molar-refractivity contribution in [2.24, 2.45) is 0 Å². The topological polar surface area (TPSA) is 79.8 Å². The average Bonchev–Trinajstić information content (AvgIpc) is 2.85. The largest absolute Gasteiger partial charge is 0.497 e. The van der Waals surface area contributed by atoms with Crippen LogP contribution < -0.4 is 19.7 Å². The summed E-state index contributed by atoms with van der Waals surface area (Å²) in [6.45, 7) is 4.57. The summed E-state index contributed by atoms with van der Waals surface area (Å²) in [5, 5.41) is 2.84. The molecule has 1 fully saturated rings. The summed E-state index contributed by atoms with van der Waals surface area (Å²) in [6.07, 6.45) is 1.48. The van der Waals surface area contributed by atoms with E-state index in [1.54, 1.807) is 31.4 Å². The monoisotopic (exact) mass is 433 g/mol. The molecular weight excluding hydrogens is 406 g/mol. The molecule has 0 spiro atoms. The minimum atomic E-state index is -0.304. The van der Waals surface area contributed by atoms with Crippen molar-refractivity contribution in [3.63, 3.8) is 0 Å². The molecule has 0 unspecified atom stereocenters. The van der Waals surface area contributed by atoms with Gasteiger partial charge in [0, 0.05) is 44.9 Å². The quantitative estimate of drug-likeness (QED) is 0.613. The third-order valence-electron chi connectivity index (χ3n) is 5.49. The van der Waals surface area contributed by atoms with Crippen molar-refractivity contribution in [2.75, 3.05) is 50.6 Å². The molecule has 8 nitrogen and oxygen atoms in total. The Bertz CT molecular complexity index is 1050. The first-order valence-electron chi connectivity index (χ1n) is 10.5. The molecule has 1 saturated heterocycles. The summed E-state index contributed by atoms with van der Waals surface area (Å²) in [4.78, 5) is 26.1. The zero-order chi connectivity index (χ0) is 22.3. The van der Waals surface area contributed by atoms with Gasteiger partial charge in [-0.1, -0.05) is 30.3 Å². The second-order valence-electron chi connectivity index (χ2n) is 7.53. The molecule has 0 radical (unpaired) electrons. The van der Waals surface area contributed by atoms with Crippen LogP contribution in [0.2, 0.25) is 0 Å². The molecule has 1 aliphatic rings. The van der Waals surface area contributed by atoms with Crippen LogP contribution >= 0.6 is 0 Å². The molecule has 3 aromatic rings. The summed E-state index contributed by atoms with van der Waals surface area (Å²) in [7, 11) is 3.09. The Morgan fingerprint density at radius 3 is 2.47 bits per heavy atom. The lowest BCUT2D eigenvalue weighted by Gasteiger charge is -2.35. The van der Waals surface area contributed by atoms with Crippen molar-refractivity contribution in [1.82, 2.24) is 14.9 Å². The first-order valence-corrected chi connectivity index (χ1v) is 10.5. The van der Waals surface area contributed by atoms with E-state index >= 15 is 0 Å². The third-order valence-corrected chi connectivity index (χ3v) is 5.49. The van der Waals surface area contributed by atoms with Gasteiger partial charge in [-0.05, 0) is 17.7 Å². The van der Waals surface area contributed by atoms with Crippen molar-refractivity contribution < 1.29 is 14.3 Å². The minimum Gasteiger partial charge on any atom is -0.497 e. The fraction of sp³-hybridized carbons (Fsp3) is 0.292. The highest BCUT2D eigenvalue weighted by Crippen LogP contribution is 2.25. The molecule has 166 valence electrons. The molecule has 0 atom stereocenters. The van der Waals surface area contributed by atoms with Gasteiger partial charge >= 0.3 is 0 Å². The van der Waals surface area contributed by atoms with Crippen LogP contribution in [0, 0.1) is 0 Å². The van der Waals surface area contributed by atoms with Crippen LogP contribution in [0.15, 0.2) is 60.9 Å². The van der Waals surface area contributed by atoms with Crippen LogP contribution in [-0.2, 0) is 6.54 Å². The summed E-state index contributed by atoms with van der Waals surface area (Å²) in [6, 6.07) is 17.4. The fourth-order valence-electron chi connectivity index (χ4n) is 3.73. The predicted octanol–water partition coefficient (Wildman–Crippen LogP) is 3.07. The molecule has 32 heavy (non-hydrogen) atoms. The zero-order valence-corrected chi connectivity index (χ0v) is 18.3. The number of hydrogen-bond acceptors (Lipinski definition) is 7. The number of rotatable bonds is 7. The van der Waals surface area contributed by atoms with E-state index in [4.69, 9.17) is 9.47 Å². The highest BCUT2D eigenvalue weighted by atomic mass is 16.5. The second-order valence-corrected chi connectivity index (χ2v) is 7.53. The van der Waals surface area contributed by atoms with Gasteiger partial charge in [0.2, 0.25) is 0 Å². The van der Waals surface area contributed by atoms with Crippen molar-refractivity contribution in [1.29, 1.82) is 0 Å². The van der Waals surface area contributed by atoms with E-state index in [0.29, 0.717) is 22.9 Å². The molecule has 0 saturated carbocycles. The predicted molar refractivity (Wildman–Crippen MR) is 123 cm³/mol. The van der Waals surface area contributed by atoms with Crippen molar-refractivity contribution in [2.45, 2.75) is 6.54 Å². The van der Waals surface area contributed by atoms with Crippen molar-refractivity contribution in [3.05, 3.63) is 72.1 Å². The molecular formula is C24H27N5O3. The second kappa shape index (κ2) is 10.1. The summed E-state index contributed by atoms with van der Waals surface area (Å²) in [5.74, 6) is 2.00. The lowest BCUT2D eigenvalue weighted by molar-refractivity contribution is 0.102. The van der Waals surface area contributed by atoms with E-state index in [1.807, 2.05) is 6.07 Å². The minimum absolute atomic E-state index is 0.304. The van der Waals surface area contributed by atoms with Gasteiger partial charge in [-0.2, -0.15) is 0 Å². The van der Waals surface area contributed by atoms with Gasteiger partial charge in [-0.3, -0.25) is 9.69 Å². The number of hydrogen-bond donors (Lipinski definition) is 1. The first kappa shape index (κ1) is 21.6. The van der Waals surface area contributed by atoms with Crippen molar-refractivity contribution in [3.8, 4) is 11.5 Å². The van der Waals surface area contributed by atoms with E-state index in [1.165, 1.54) is 19.0 Å². The molecule has 1 aromatic heterocycles. The lowest BCUT2D eigenvalue weighted by Crippen LogP contribution is -2.46. The van der Waals surface area contributed by atoms with Crippen molar-refractivity contribution >= 4 is 17.5 Å². The zero-order valence-electron chi connectivity index (χ0n) is 18.3. The van der Waals surface area contributed by atoms with Gasteiger partial charge < -0.3 is 19.7 Å². The van der Waals surface area contributed by atoms with Gasteiger partial charge in [-0.25, -0.2) is 9.97 Å². The molecule has 1 N–H and O–H groups in total. The molecule has 0 bridgehead atoms. The summed E-state index contributed by atoms with van der Waals surface area (Å²) in [5.41, 5.74) is 1.73. The Balaban J connectivity index is 1.38. The number of benzene rings is 2.